The van der Waals surface area contributed by atoms with Crippen LogP contribution in [0.3, 0.4) is 0 Å². The predicted molar refractivity (Wildman–Crippen MR) is 73.7 cm³/mol. The number of likely N-dealkylation sites (N-methyl/N-ethyl adjacent to an activating group) is 1. The molecule has 1 unspecified atom stereocenters. The highest BCUT2D eigenvalue weighted by molar-refractivity contribution is 6.30. The lowest BCUT2D eigenvalue weighted by Crippen LogP contribution is -2.49. The Balaban J connectivity index is 2.20. The van der Waals surface area contributed by atoms with Crippen molar-refractivity contribution in [2.24, 2.45) is 5.92 Å². The molecule has 0 heterocycles. The second-order valence-electron chi connectivity index (χ2n) is 4.77. The molecule has 0 bridgehead atoms. The van der Waals surface area contributed by atoms with Crippen molar-refractivity contribution in [3.05, 3.63) is 33.3 Å². The second-order valence-corrected chi connectivity index (χ2v) is 5.20. The molecule has 0 aromatic heterocycles. The molecule has 0 amide bonds. The number of hydrogen-bond acceptors (Lipinski definition) is 5. The molecule has 1 saturated carbocycles. The van der Waals surface area contributed by atoms with E-state index in [1.165, 1.54) is 18.2 Å². The standard InChI is InChI=1S/C13H14ClN3O3/c1-16-13(7-15,9-2-3-9)8-20-12-6-10(14)4-5-11(12)17(18)19/h4-6,9,16H,2-3,8H2,1H3. The van der Waals surface area contributed by atoms with Gasteiger partial charge in [-0.25, -0.2) is 0 Å². The molecule has 1 aliphatic rings. The molecule has 7 heteroatoms. The van der Waals surface area contributed by atoms with Crippen molar-refractivity contribution in [2.75, 3.05) is 13.7 Å². The Morgan fingerprint density at radius 2 is 2.35 bits per heavy atom. The van der Waals surface area contributed by atoms with Crippen LogP contribution in [-0.2, 0) is 0 Å². The number of nitriles is 1. The number of hydrogen-bond donors (Lipinski definition) is 1. The summed E-state index contributed by atoms with van der Waals surface area (Å²) in [7, 11) is 1.69. The van der Waals surface area contributed by atoms with Gasteiger partial charge in [-0.05, 0) is 31.9 Å². The van der Waals surface area contributed by atoms with Gasteiger partial charge in [0.25, 0.3) is 0 Å². The number of ether oxygens (including phenoxy) is 1. The summed E-state index contributed by atoms with van der Waals surface area (Å²) in [5, 5.41) is 23.6. The first-order valence-corrected chi connectivity index (χ1v) is 6.57. The van der Waals surface area contributed by atoms with Crippen molar-refractivity contribution >= 4 is 17.3 Å². The summed E-state index contributed by atoms with van der Waals surface area (Å²) in [5.74, 6) is 0.300. The largest absolute Gasteiger partial charge is 0.484 e. The first-order valence-electron chi connectivity index (χ1n) is 6.19. The minimum absolute atomic E-state index is 0.0475. The molecule has 106 valence electrons. The predicted octanol–water partition coefficient (Wildman–Crippen LogP) is 2.52. The number of nitro groups is 1. The Kier molecular flexibility index (Phi) is 4.12. The molecule has 1 fully saturated rings. The fourth-order valence-electron chi connectivity index (χ4n) is 2.10. The van der Waals surface area contributed by atoms with Gasteiger partial charge in [-0.15, -0.1) is 0 Å². The third-order valence-corrected chi connectivity index (χ3v) is 3.73. The van der Waals surface area contributed by atoms with E-state index in [1.54, 1.807) is 7.05 Å². The Morgan fingerprint density at radius 1 is 1.65 bits per heavy atom. The van der Waals surface area contributed by atoms with Gasteiger partial charge in [0.05, 0.1) is 11.0 Å². The molecule has 0 saturated heterocycles. The van der Waals surface area contributed by atoms with Crippen LogP contribution in [0.5, 0.6) is 5.75 Å². The van der Waals surface area contributed by atoms with E-state index in [1.807, 2.05) is 0 Å². The summed E-state index contributed by atoms with van der Waals surface area (Å²) >= 11 is 5.83. The molecule has 1 N–H and O–H groups in total. The van der Waals surface area contributed by atoms with Crippen LogP contribution in [0.25, 0.3) is 0 Å². The number of nitrogens with zero attached hydrogens (tertiary/aromatic N) is 2. The maximum absolute atomic E-state index is 10.9. The highest BCUT2D eigenvalue weighted by atomic mass is 35.5. The number of nitrogens with one attached hydrogen (secondary N) is 1. The van der Waals surface area contributed by atoms with Crippen molar-refractivity contribution in [3.8, 4) is 11.8 Å². The highest BCUT2D eigenvalue weighted by Crippen LogP contribution is 2.40. The topological polar surface area (TPSA) is 88.2 Å². The van der Waals surface area contributed by atoms with Crippen molar-refractivity contribution in [1.29, 1.82) is 5.26 Å². The van der Waals surface area contributed by atoms with Crippen LogP contribution in [0.1, 0.15) is 12.8 Å². The molecule has 1 atom stereocenters. The average Bonchev–Trinajstić information content (AvgIpc) is 3.25. The van der Waals surface area contributed by atoms with Gasteiger partial charge in [0.2, 0.25) is 0 Å². The van der Waals surface area contributed by atoms with E-state index < -0.39 is 10.5 Å². The molecule has 1 aromatic carbocycles. The highest BCUT2D eigenvalue weighted by Gasteiger charge is 2.45. The maximum Gasteiger partial charge on any atom is 0.311 e. The quantitative estimate of drug-likeness (QED) is 0.643. The van der Waals surface area contributed by atoms with Gasteiger partial charge >= 0.3 is 5.69 Å². The zero-order valence-electron chi connectivity index (χ0n) is 10.9. The van der Waals surface area contributed by atoms with Crippen LogP contribution in [0, 0.1) is 27.4 Å². The van der Waals surface area contributed by atoms with E-state index >= 15 is 0 Å². The summed E-state index contributed by atoms with van der Waals surface area (Å²) in [5.41, 5.74) is -0.968. The van der Waals surface area contributed by atoms with Crippen LogP contribution in [-0.4, -0.2) is 24.1 Å². The monoisotopic (exact) mass is 295 g/mol. The molecule has 20 heavy (non-hydrogen) atoms. The first kappa shape index (κ1) is 14.6. The molecule has 6 nitrogen and oxygen atoms in total. The number of benzene rings is 1. The third-order valence-electron chi connectivity index (χ3n) is 3.49. The van der Waals surface area contributed by atoms with Gasteiger partial charge in [-0.3, -0.25) is 15.4 Å². The summed E-state index contributed by atoms with van der Waals surface area (Å²) in [6.45, 7) is 0.0475. The molecule has 0 spiro atoms. The lowest BCUT2D eigenvalue weighted by Gasteiger charge is -2.25. The first-order chi connectivity index (χ1) is 9.52. The zero-order chi connectivity index (χ0) is 14.8. The van der Waals surface area contributed by atoms with Gasteiger partial charge in [-0.1, -0.05) is 11.6 Å². The molecule has 1 aliphatic carbocycles. The Labute approximate surface area is 121 Å². The second kappa shape index (κ2) is 5.65. The van der Waals surface area contributed by atoms with Gasteiger partial charge < -0.3 is 4.74 Å². The lowest BCUT2D eigenvalue weighted by atomic mass is 9.96. The SMILES string of the molecule is CNC(C#N)(COc1cc(Cl)ccc1[N+](=O)[O-])C1CC1. The van der Waals surface area contributed by atoms with Crippen LogP contribution in [0.4, 0.5) is 5.69 Å². The number of halogens is 1. The van der Waals surface area contributed by atoms with Crippen molar-refractivity contribution in [3.63, 3.8) is 0 Å². The van der Waals surface area contributed by atoms with Crippen LogP contribution < -0.4 is 10.1 Å². The Morgan fingerprint density at radius 3 is 2.85 bits per heavy atom. The summed E-state index contributed by atoms with van der Waals surface area (Å²) in [6, 6.07) is 6.34. The van der Waals surface area contributed by atoms with E-state index in [2.05, 4.69) is 11.4 Å². The van der Waals surface area contributed by atoms with E-state index in [-0.39, 0.29) is 24.0 Å². The minimum Gasteiger partial charge on any atom is -0.484 e. The third kappa shape index (κ3) is 2.84. The van der Waals surface area contributed by atoms with E-state index in [9.17, 15) is 15.4 Å². The normalized spacial score (nSPS) is 17.1. The van der Waals surface area contributed by atoms with Crippen LogP contribution >= 0.6 is 11.6 Å². The fraction of sp³-hybridized carbons (Fsp3) is 0.462. The fourth-order valence-corrected chi connectivity index (χ4v) is 2.26. The van der Waals surface area contributed by atoms with Crippen LogP contribution in [0.15, 0.2) is 18.2 Å². The maximum atomic E-state index is 10.9. The van der Waals surface area contributed by atoms with Gasteiger partial charge in [-0.2, -0.15) is 5.26 Å². The Bertz CT molecular complexity index is 568. The number of rotatable bonds is 6. The molecular formula is C13H14ClN3O3. The summed E-state index contributed by atoms with van der Waals surface area (Å²) < 4.78 is 5.52. The number of nitro benzene ring substituents is 1. The molecular weight excluding hydrogens is 282 g/mol. The van der Waals surface area contributed by atoms with E-state index in [0.717, 1.165) is 12.8 Å². The van der Waals surface area contributed by atoms with Crippen molar-refractivity contribution < 1.29 is 9.66 Å². The zero-order valence-corrected chi connectivity index (χ0v) is 11.7. The van der Waals surface area contributed by atoms with E-state index in [0.29, 0.717) is 5.02 Å². The minimum atomic E-state index is -0.809. The summed E-state index contributed by atoms with van der Waals surface area (Å²) in [6.07, 6.45) is 1.91. The summed E-state index contributed by atoms with van der Waals surface area (Å²) in [4.78, 5) is 10.4. The molecule has 2 rings (SSSR count). The van der Waals surface area contributed by atoms with E-state index in [4.69, 9.17) is 16.3 Å². The van der Waals surface area contributed by atoms with Crippen molar-refractivity contribution in [2.45, 2.75) is 18.4 Å². The van der Waals surface area contributed by atoms with Crippen LogP contribution in [0.2, 0.25) is 5.02 Å². The average molecular weight is 296 g/mol. The van der Waals surface area contributed by atoms with Crippen molar-refractivity contribution in [1.82, 2.24) is 5.32 Å². The molecule has 0 radical (unpaired) electrons. The molecule has 1 aromatic rings. The lowest BCUT2D eigenvalue weighted by molar-refractivity contribution is -0.385. The Hall–Kier alpha value is -1.84. The van der Waals surface area contributed by atoms with Gasteiger partial charge in [0, 0.05) is 17.2 Å². The molecule has 0 aliphatic heterocycles. The van der Waals surface area contributed by atoms with Gasteiger partial charge in [0.15, 0.2) is 5.75 Å². The smallest absolute Gasteiger partial charge is 0.311 e. The van der Waals surface area contributed by atoms with Gasteiger partial charge in [0.1, 0.15) is 12.1 Å².